The lowest BCUT2D eigenvalue weighted by Gasteiger charge is -2.28. The Labute approximate surface area is 178 Å². The Morgan fingerprint density at radius 1 is 0.967 bits per heavy atom. The summed E-state index contributed by atoms with van der Waals surface area (Å²) < 4.78 is 1.01. The molecule has 30 heavy (non-hydrogen) atoms. The molecule has 5 rings (SSSR count). The number of carbonyl (C=O) groups is 2. The SMILES string of the molecule is Cc1ccccc1-c1nc2cc3c4c(cccc4c2s1)C(=O)N(CCN(C)C)C3=O. The molecule has 0 unspecified atom stereocenters. The second kappa shape index (κ2) is 7.00. The van der Waals surface area contributed by atoms with Crippen molar-refractivity contribution in [1.29, 1.82) is 0 Å². The highest BCUT2D eigenvalue weighted by molar-refractivity contribution is 7.22. The van der Waals surface area contributed by atoms with E-state index in [1.54, 1.807) is 11.3 Å². The summed E-state index contributed by atoms with van der Waals surface area (Å²) in [4.78, 5) is 34.6. The fraction of sp³-hybridized carbons (Fsp3) is 0.208. The zero-order valence-corrected chi connectivity index (χ0v) is 17.9. The molecule has 0 bridgehead atoms. The van der Waals surface area contributed by atoms with Crippen LogP contribution in [0, 0.1) is 6.92 Å². The predicted octanol–water partition coefficient (Wildman–Crippen LogP) is 4.58. The number of likely N-dealkylation sites (N-methyl/N-ethyl adjacent to an activating group) is 1. The van der Waals surface area contributed by atoms with Gasteiger partial charge >= 0.3 is 0 Å². The minimum absolute atomic E-state index is 0.219. The number of fused-ring (bicyclic) bond motifs is 2. The predicted molar refractivity (Wildman–Crippen MR) is 121 cm³/mol. The lowest BCUT2D eigenvalue weighted by atomic mass is 9.93. The van der Waals surface area contributed by atoms with Gasteiger partial charge in [-0.1, -0.05) is 36.4 Å². The van der Waals surface area contributed by atoms with Gasteiger partial charge in [-0.25, -0.2) is 4.98 Å². The van der Waals surface area contributed by atoms with Gasteiger partial charge in [-0.05, 0) is 38.7 Å². The Morgan fingerprint density at radius 2 is 1.70 bits per heavy atom. The van der Waals surface area contributed by atoms with Crippen molar-refractivity contribution < 1.29 is 9.59 Å². The number of aromatic nitrogens is 1. The van der Waals surface area contributed by atoms with Crippen LogP contribution in [0.25, 0.3) is 31.6 Å². The summed E-state index contributed by atoms with van der Waals surface area (Å²) in [5.41, 5.74) is 4.21. The van der Waals surface area contributed by atoms with E-state index in [4.69, 9.17) is 4.98 Å². The summed E-state index contributed by atoms with van der Waals surface area (Å²) in [6.07, 6.45) is 0. The van der Waals surface area contributed by atoms with Gasteiger partial charge in [0.05, 0.1) is 15.8 Å². The molecule has 5 nitrogen and oxygen atoms in total. The average Bonchev–Trinajstić information content (AvgIpc) is 3.16. The van der Waals surface area contributed by atoms with Crippen molar-refractivity contribution in [2.75, 3.05) is 27.2 Å². The second-order valence-corrected chi connectivity index (χ2v) is 8.90. The third-order valence-electron chi connectivity index (χ3n) is 5.61. The van der Waals surface area contributed by atoms with Gasteiger partial charge in [-0.3, -0.25) is 14.5 Å². The molecule has 0 atom stereocenters. The Bertz CT molecular complexity index is 1340. The number of amides is 2. The summed E-state index contributed by atoms with van der Waals surface area (Å²) >= 11 is 1.61. The van der Waals surface area contributed by atoms with Gasteiger partial charge in [0.2, 0.25) is 0 Å². The first kappa shape index (κ1) is 18.9. The van der Waals surface area contributed by atoms with Crippen molar-refractivity contribution in [3.05, 3.63) is 65.2 Å². The van der Waals surface area contributed by atoms with E-state index in [0.29, 0.717) is 24.2 Å². The molecule has 0 saturated carbocycles. The number of rotatable bonds is 4. The molecule has 1 aliphatic rings. The largest absolute Gasteiger partial charge is 0.308 e. The Hall–Kier alpha value is -3.09. The van der Waals surface area contributed by atoms with E-state index in [1.165, 1.54) is 4.90 Å². The highest BCUT2D eigenvalue weighted by Crippen LogP contribution is 2.40. The van der Waals surface area contributed by atoms with E-state index in [9.17, 15) is 9.59 Å². The number of aryl methyl sites for hydroxylation is 1. The number of hydrogen-bond acceptors (Lipinski definition) is 5. The molecule has 0 N–H and O–H groups in total. The van der Waals surface area contributed by atoms with Crippen molar-refractivity contribution in [3.63, 3.8) is 0 Å². The highest BCUT2D eigenvalue weighted by Gasteiger charge is 2.33. The van der Waals surface area contributed by atoms with Gasteiger partial charge < -0.3 is 4.90 Å². The first-order valence-electron chi connectivity index (χ1n) is 9.89. The average molecular weight is 416 g/mol. The zero-order valence-electron chi connectivity index (χ0n) is 17.1. The van der Waals surface area contributed by atoms with Crippen molar-refractivity contribution in [3.8, 4) is 10.6 Å². The normalized spacial score (nSPS) is 13.8. The lowest BCUT2D eigenvalue weighted by molar-refractivity contribution is 0.0601. The van der Waals surface area contributed by atoms with Gasteiger partial charge in [0, 0.05) is 35.0 Å². The number of nitrogens with zero attached hydrogens (tertiary/aromatic N) is 3. The second-order valence-electron chi connectivity index (χ2n) is 7.90. The number of hydrogen-bond donors (Lipinski definition) is 0. The van der Waals surface area contributed by atoms with E-state index in [0.717, 1.165) is 37.1 Å². The summed E-state index contributed by atoms with van der Waals surface area (Å²) in [5.74, 6) is -0.458. The first-order valence-corrected chi connectivity index (χ1v) is 10.7. The third kappa shape index (κ3) is 2.83. The van der Waals surface area contributed by atoms with Gasteiger partial charge in [-0.2, -0.15) is 0 Å². The molecule has 6 heteroatoms. The molecule has 150 valence electrons. The lowest BCUT2D eigenvalue weighted by Crippen LogP contribution is -2.43. The van der Waals surface area contributed by atoms with Crippen LogP contribution in [0.15, 0.2) is 48.5 Å². The van der Waals surface area contributed by atoms with Crippen LogP contribution in [0.4, 0.5) is 0 Å². The van der Waals surface area contributed by atoms with Crippen LogP contribution in [0.5, 0.6) is 0 Å². The topological polar surface area (TPSA) is 53.5 Å². The summed E-state index contributed by atoms with van der Waals surface area (Å²) in [5, 5.41) is 2.60. The molecular formula is C24H21N3O2S. The standard InChI is InChI=1S/C24H21N3O2S/c1-14-7-4-5-8-15(14)22-25-19-13-18-20-16(21(19)30-22)9-6-10-17(20)23(28)27(24(18)29)12-11-26(2)3/h4-10,13H,11-12H2,1-3H3. The molecule has 0 aliphatic carbocycles. The molecule has 1 aliphatic heterocycles. The Morgan fingerprint density at radius 3 is 2.47 bits per heavy atom. The van der Waals surface area contributed by atoms with Crippen LogP contribution >= 0.6 is 11.3 Å². The van der Waals surface area contributed by atoms with Crippen molar-refractivity contribution in [1.82, 2.24) is 14.8 Å². The van der Waals surface area contributed by atoms with Gasteiger partial charge in [0.1, 0.15) is 5.01 Å². The fourth-order valence-electron chi connectivity index (χ4n) is 4.02. The van der Waals surface area contributed by atoms with E-state index < -0.39 is 0 Å². The molecule has 0 spiro atoms. The number of carbonyl (C=O) groups excluding carboxylic acids is 2. The number of benzene rings is 3. The minimum Gasteiger partial charge on any atom is -0.308 e. The van der Waals surface area contributed by atoms with Crippen molar-refractivity contribution in [2.24, 2.45) is 0 Å². The monoisotopic (exact) mass is 415 g/mol. The summed E-state index contributed by atoms with van der Waals surface area (Å²) in [6, 6.07) is 15.7. The van der Waals surface area contributed by atoms with E-state index in [2.05, 4.69) is 19.1 Å². The molecule has 0 radical (unpaired) electrons. The van der Waals surface area contributed by atoms with E-state index >= 15 is 0 Å². The van der Waals surface area contributed by atoms with Crippen LogP contribution in [-0.2, 0) is 0 Å². The number of thiazole rings is 1. The summed E-state index contributed by atoms with van der Waals surface area (Å²) in [6.45, 7) is 3.06. The van der Waals surface area contributed by atoms with Crippen molar-refractivity contribution in [2.45, 2.75) is 6.92 Å². The molecule has 2 heterocycles. The molecule has 4 aromatic rings. The maximum Gasteiger partial charge on any atom is 0.261 e. The van der Waals surface area contributed by atoms with E-state index in [1.807, 2.05) is 55.4 Å². The van der Waals surface area contributed by atoms with Crippen LogP contribution in [0.2, 0.25) is 0 Å². The zero-order chi connectivity index (χ0) is 21.0. The first-order chi connectivity index (χ1) is 14.5. The maximum atomic E-state index is 13.3. The molecule has 1 aromatic heterocycles. The molecule has 0 fully saturated rings. The van der Waals surface area contributed by atoms with Gasteiger partial charge in [0.15, 0.2) is 0 Å². The number of imide groups is 1. The van der Waals surface area contributed by atoms with E-state index in [-0.39, 0.29) is 11.8 Å². The van der Waals surface area contributed by atoms with Crippen LogP contribution < -0.4 is 0 Å². The molecule has 0 saturated heterocycles. The molecular weight excluding hydrogens is 394 g/mol. The minimum atomic E-state index is -0.238. The van der Waals surface area contributed by atoms with Crippen LogP contribution in [-0.4, -0.2) is 53.8 Å². The van der Waals surface area contributed by atoms with Crippen LogP contribution in [0.1, 0.15) is 26.3 Å². The highest BCUT2D eigenvalue weighted by atomic mass is 32.1. The fourth-order valence-corrected chi connectivity index (χ4v) is 5.19. The van der Waals surface area contributed by atoms with Crippen LogP contribution in [0.3, 0.4) is 0 Å². The maximum absolute atomic E-state index is 13.3. The van der Waals surface area contributed by atoms with Gasteiger partial charge in [-0.15, -0.1) is 11.3 Å². The summed E-state index contributed by atoms with van der Waals surface area (Å²) in [7, 11) is 3.86. The molecule has 2 amide bonds. The Balaban J connectivity index is 1.73. The third-order valence-corrected chi connectivity index (χ3v) is 6.75. The van der Waals surface area contributed by atoms with Gasteiger partial charge in [0.25, 0.3) is 11.8 Å². The Kier molecular flexibility index (Phi) is 4.41. The molecule has 3 aromatic carbocycles. The smallest absolute Gasteiger partial charge is 0.261 e. The quantitative estimate of drug-likeness (QED) is 0.458. The van der Waals surface area contributed by atoms with Crippen molar-refractivity contribution >= 4 is 44.1 Å².